The predicted octanol–water partition coefficient (Wildman–Crippen LogP) is 5.74. The monoisotopic (exact) mass is 727 g/mol. The van der Waals surface area contributed by atoms with E-state index in [1.807, 2.05) is 6.07 Å². The molecule has 2 aromatic carbocycles. The zero-order valence-corrected chi connectivity index (χ0v) is 31.1. The van der Waals surface area contributed by atoms with Gasteiger partial charge in [0.05, 0.1) is 40.5 Å². The largest absolute Gasteiger partial charge is 0.496 e. The first-order valence-corrected chi connectivity index (χ1v) is 17.8. The van der Waals surface area contributed by atoms with Crippen molar-refractivity contribution in [2.45, 2.75) is 110 Å². The van der Waals surface area contributed by atoms with Crippen molar-refractivity contribution in [3.8, 4) is 17.6 Å². The summed E-state index contributed by atoms with van der Waals surface area (Å²) in [6.45, 7) is 14.0. The fourth-order valence-electron chi connectivity index (χ4n) is 9.58. The van der Waals surface area contributed by atoms with Crippen molar-refractivity contribution in [2.24, 2.45) is 21.7 Å². The number of nitrogens with zero attached hydrogens (tertiary/aromatic N) is 1. The number of hydrogen-bond donors (Lipinski definition) is 0. The van der Waals surface area contributed by atoms with Crippen LogP contribution in [0.15, 0.2) is 33.5 Å². The van der Waals surface area contributed by atoms with Gasteiger partial charge < -0.3 is 32.8 Å². The molecule has 1 aromatic heterocycles. The van der Waals surface area contributed by atoms with E-state index in [0.717, 1.165) is 0 Å². The van der Waals surface area contributed by atoms with E-state index >= 15 is 0 Å². The molecule has 3 aromatic rings. The number of benzene rings is 2. The quantitative estimate of drug-likeness (QED) is 0.177. The molecule has 0 radical (unpaired) electrons. The lowest BCUT2D eigenvalue weighted by Gasteiger charge is -2.46. The topological polar surface area (TPSA) is 178 Å². The van der Waals surface area contributed by atoms with Crippen molar-refractivity contribution in [2.75, 3.05) is 7.11 Å². The molecular formula is C40H41NO12. The van der Waals surface area contributed by atoms with Gasteiger partial charge in [0.15, 0.2) is 17.8 Å². The maximum Gasteiger partial charge on any atom is 0.351 e. The van der Waals surface area contributed by atoms with E-state index in [2.05, 4.69) is 0 Å². The van der Waals surface area contributed by atoms with Crippen molar-refractivity contribution in [1.82, 2.24) is 0 Å². The smallest absolute Gasteiger partial charge is 0.351 e. The minimum absolute atomic E-state index is 0.00636. The Bertz CT molecular complexity index is 2330. The van der Waals surface area contributed by atoms with Gasteiger partial charge in [-0.3, -0.25) is 14.4 Å². The van der Waals surface area contributed by atoms with E-state index in [4.69, 9.17) is 32.8 Å². The molecule has 3 aliphatic heterocycles. The van der Waals surface area contributed by atoms with Gasteiger partial charge in [-0.15, -0.1) is 0 Å². The van der Waals surface area contributed by atoms with E-state index in [-0.39, 0.29) is 57.4 Å². The van der Waals surface area contributed by atoms with Crippen LogP contribution in [0.2, 0.25) is 0 Å². The lowest BCUT2D eigenvalue weighted by molar-refractivity contribution is -0.217. The molecule has 278 valence electrons. The number of fused-ring (bicyclic) bond motifs is 8. The number of esters is 4. The van der Waals surface area contributed by atoms with Crippen LogP contribution < -0.4 is 14.9 Å². The summed E-state index contributed by atoms with van der Waals surface area (Å²) in [4.78, 5) is 69.9. The summed E-state index contributed by atoms with van der Waals surface area (Å²) >= 11 is 0. The summed E-state index contributed by atoms with van der Waals surface area (Å²) in [5, 5.41) is 9.79. The molecule has 2 saturated heterocycles. The molecule has 53 heavy (non-hydrogen) atoms. The Balaban J connectivity index is 1.34. The van der Waals surface area contributed by atoms with Crippen molar-refractivity contribution in [3.63, 3.8) is 0 Å². The van der Waals surface area contributed by atoms with Gasteiger partial charge >= 0.3 is 23.9 Å². The highest BCUT2D eigenvalue weighted by Crippen LogP contribution is 2.68. The summed E-state index contributed by atoms with van der Waals surface area (Å²) in [5.41, 5.74) is -8.81. The average Bonchev–Trinajstić information content (AvgIpc) is 3.56. The third-order valence-electron chi connectivity index (χ3n) is 14.2. The molecule has 0 N–H and O–H groups in total. The van der Waals surface area contributed by atoms with Crippen LogP contribution >= 0.6 is 0 Å². The molecule has 8 rings (SSSR count). The van der Waals surface area contributed by atoms with Gasteiger partial charge in [0.25, 0.3) is 0 Å². The highest BCUT2D eigenvalue weighted by atomic mass is 16.7. The van der Waals surface area contributed by atoms with Crippen LogP contribution in [-0.2, 0) is 38.1 Å². The Hall–Kier alpha value is -5.12. The van der Waals surface area contributed by atoms with E-state index in [0.29, 0.717) is 12.8 Å². The summed E-state index contributed by atoms with van der Waals surface area (Å²) in [7, 11) is 1.38. The molecule has 2 aliphatic carbocycles. The van der Waals surface area contributed by atoms with E-state index in [9.17, 15) is 29.2 Å². The van der Waals surface area contributed by atoms with Gasteiger partial charge in [-0.1, -0.05) is 27.7 Å². The molecule has 4 bridgehead atoms. The van der Waals surface area contributed by atoms with E-state index in [1.54, 1.807) is 55.4 Å². The van der Waals surface area contributed by atoms with Crippen LogP contribution in [0.3, 0.4) is 0 Å². The van der Waals surface area contributed by atoms with Crippen LogP contribution in [0.5, 0.6) is 11.5 Å². The molecule has 13 heteroatoms. The van der Waals surface area contributed by atoms with Crippen LogP contribution in [-0.4, -0.2) is 53.9 Å². The molecule has 0 amide bonds. The first-order chi connectivity index (χ1) is 24.7. The Labute approximate surface area is 304 Å². The lowest BCUT2D eigenvalue weighted by atomic mass is 9.66. The summed E-state index contributed by atoms with van der Waals surface area (Å²) in [6.07, 6.45) is -1.75. The molecule has 6 atom stereocenters. The van der Waals surface area contributed by atoms with Gasteiger partial charge in [-0.25, -0.2) is 9.59 Å². The Morgan fingerprint density at radius 3 is 1.85 bits per heavy atom. The maximum absolute atomic E-state index is 14.7. The molecular weight excluding hydrogens is 686 g/mol. The highest BCUT2D eigenvalue weighted by Gasteiger charge is 2.78. The zero-order valence-electron chi connectivity index (χ0n) is 31.1. The second kappa shape index (κ2) is 10.3. The van der Waals surface area contributed by atoms with Gasteiger partial charge in [0, 0.05) is 16.9 Å². The predicted molar refractivity (Wildman–Crippen MR) is 185 cm³/mol. The fraction of sp³-hybridized carbons (Fsp3) is 0.550. The van der Waals surface area contributed by atoms with Crippen molar-refractivity contribution >= 4 is 45.8 Å². The number of carbonyl (C=O) groups is 4. The highest BCUT2D eigenvalue weighted by molar-refractivity contribution is 5.98. The number of nitriles is 1. The normalized spacial score (nSPS) is 33.8. The van der Waals surface area contributed by atoms with Crippen LogP contribution in [0, 0.1) is 33.0 Å². The van der Waals surface area contributed by atoms with Crippen LogP contribution in [0.4, 0.5) is 0 Å². The standard InChI is InChI=1S/C40H41NO12/c1-34(2)29(50-33(46)40-15-13-38(8,31(44)53-40)36(40,5)6)28(49-32(45)39-14-12-37(7,30(43)52-39)35(39,3)4)25-23(51-34)17-22(47-9)24-26(42)20-11-10-19(18-41)16-21(20)48-27(24)25/h10-11,16-17,28-29H,12-15H2,1-9H3/t28-,29-,37+,38+,39-,40-/m1/s1. The van der Waals surface area contributed by atoms with Crippen molar-refractivity contribution < 1.29 is 52.0 Å². The summed E-state index contributed by atoms with van der Waals surface area (Å²) < 4.78 is 43.2. The SMILES string of the molecule is COc1cc2c(c3oc4cc(C#N)ccc4c(=O)c13)[C@@H](OC(=O)[C@@]13CC[C@@](C)(C(=O)O1)C3(C)C)[C@@H](OC(=O)[C@@]13CC[C@@](C)(C(=O)O1)C3(C)C)C(C)(C)O2. The summed E-state index contributed by atoms with van der Waals surface area (Å²) in [6, 6.07) is 7.91. The molecule has 0 spiro atoms. The number of carbonyl (C=O) groups excluding carboxylic acids is 4. The van der Waals surface area contributed by atoms with E-state index in [1.165, 1.54) is 31.4 Å². The van der Waals surface area contributed by atoms with Crippen molar-refractivity contribution in [1.29, 1.82) is 5.26 Å². The van der Waals surface area contributed by atoms with Crippen LogP contribution in [0.25, 0.3) is 21.9 Å². The Morgan fingerprint density at radius 2 is 1.36 bits per heavy atom. The fourth-order valence-corrected chi connectivity index (χ4v) is 9.58. The maximum atomic E-state index is 14.7. The number of methoxy groups -OCH3 is 1. The van der Waals surface area contributed by atoms with Crippen molar-refractivity contribution in [3.05, 3.63) is 45.6 Å². The number of rotatable bonds is 5. The minimum Gasteiger partial charge on any atom is -0.496 e. The van der Waals surface area contributed by atoms with Gasteiger partial charge in [0.1, 0.15) is 28.1 Å². The number of hydrogen-bond acceptors (Lipinski definition) is 13. The molecule has 4 fully saturated rings. The van der Waals surface area contributed by atoms with Crippen LogP contribution in [0.1, 0.15) is 98.3 Å². The molecule has 4 heterocycles. The number of ether oxygens (including phenoxy) is 6. The van der Waals surface area contributed by atoms with Gasteiger partial charge in [0.2, 0.25) is 16.6 Å². The molecule has 13 nitrogen and oxygen atoms in total. The first kappa shape index (κ1) is 34.9. The second-order valence-corrected chi connectivity index (χ2v) is 17.2. The van der Waals surface area contributed by atoms with Gasteiger partial charge in [-0.05, 0) is 71.6 Å². The Kier molecular flexibility index (Phi) is 6.79. The third kappa shape index (κ3) is 3.94. The summed E-state index contributed by atoms with van der Waals surface area (Å²) in [5.74, 6) is -2.52. The average molecular weight is 728 g/mol. The molecule has 0 unspecified atom stereocenters. The first-order valence-electron chi connectivity index (χ1n) is 17.8. The van der Waals surface area contributed by atoms with Gasteiger partial charge in [-0.2, -0.15) is 5.26 Å². The second-order valence-electron chi connectivity index (χ2n) is 17.2. The zero-order chi connectivity index (χ0) is 38.5. The molecule has 5 aliphatic rings. The Morgan fingerprint density at radius 1 is 0.792 bits per heavy atom. The minimum atomic E-state index is -1.68. The molecule has 2 saturated carbocycles. The third-order valence-corrected chi connectivity index (χ3v) is 14.2. The lowest BCUT2D eigenvalue weighted by Crippen LogP contribution is -2.57. The van der Waals surface area contributed by atoms with E-state index < -0.39 is 80.0 Å².